The molecule has 0 atom stereocenters. The lowest BCUT2D eigenvalue weighted by molar-refractivity contribution is -0.159. The topological polar surface area (TPSA) is 166 Å². The Labute approximate surface area is 285 Å². The molecule has 3 aromatic rings. The number of rotatable bonds is 16. The van der Waals surface area contributed by atoms with Crippen molar-refractivity contribution in [2.45, 2.75) is 85.7 Å². The quantitative estimate of drug-likeness (QED) is 0.0702. The first-order chi connectivity index (χ1) is 22.3. The molecule has 0 fully saturated rings. The molecule has 0 saturated heterocycles. The van der Waals surface area contributed by atoms with E-state index in [1.807, 2.05) is 18.2 Å². The van der Waals surface area contributed by atoms with Crippen LogP contribution in [0, 0.1) is 0 Å². The monoisotopic (exact) mass is 720 g/mol. The van der Waals surface area contributed by atoms with E-state index in [1.165, 1.54) is 31.7 Å². The van der Waals surface area contributed by atoms with Crippen molar-refractivity contribution in [3.05, 3.63) is 69.5 Å². The summed E-state index contributed by atoms with van der Waals surface area (Å²) in [6.07, 6.45) is 8.94. The maximum Gasteiger partial charge on any atom is 0.414 e. The van der Waals surface area contributed by atoms with Gasteiger partial charge in [-0.3, -0.25) is 4.79 Å². The number of aliphatic hydroxyl groups is 1. The molecule has 4 N–H and O–H groups in total. The SMILES string of the molecule is CC(C)O.CCCCN(CCCC)CCCOc1ccc(C(=O)c2c(CCC)cc3cc(C(=O)O)ccn23)cc1Br.O=C(O)C(=O)O. The molecule has 2 aromatic heterocycles. The van der Waals surface area contributed by atoms with Crippen LogP contribution in [0.3, 0.4) is 0 Å². The van der Waals surface area contributed by atoms with Gasteiger partial charge in [0.25, 0.3) is 0 Å². The molecule has 0 aliphatic carbocycles. The Balaban J connectivity index is 0.000000962. The minimum Gasteiger partial charge on any atom is -0.492 e. The number of carbonyl (C=O) groups is 4. The number of fused-ring (bicyclic) bond motifs is 1. The van der Waals surface area contributed by atoms with Crippen molar-refractivity contribution in [1.29, 1.82) is 0 Å². The number of aromatic nitrogens is 1. The van der Waals surface area contributed by atoms with E-state index >= 15 is 0 Å². The number of unbranched alkanes of at least 4 members (excludes halogenated alkanes) is 2. The van der Waals surface area contributed by atoms with Gasteiger partial charge in [0.05, 0.1) is 22.3 Å². The fraction of sp³-hybridized carbons (Fsp3) is 0.486. The number of carboxylic acid groups (broad SMARTS) is 3. The summed E-state index contributed by atoms with van der Waals surface area (Å²) in [7, 11) is 0. The number of hydrogen-bond donors (Lipinski definition) is 4. The van der Waals surface area contributed by atoms with Gasteiger partial charge in [-0.25, -0.2) is 14.4 Å². The average molecular weight is 722 g/mol. The highest BCUT2D eigenvalue weighted by Gasteiger charge is 2.21. The first kappa shape index (κ1) is 41.3. The van der Waals surface area contributed by atoms with Crippen LogP contribution in [0.2, 0.25) is 0 Å². The van der Waals surface area contributed by atoms with Gasteiger partial charge in [-0.2, -0.15) is 0 Å². The van der Waals surface area contributed by atoms with E-state index in [0.717, 1.165) is 54.7 Å². The number of carboxylic acids is 3. The molecule has 0 aliphatic rings. The summed E-state index contributed by atoms with van der Waals surface area (Å²) in [4.78, 5) is 45.7. The third-order valence-electron chi connectivity index (χ3n) is 6.74. The molecular weight excluding hydrogens is 672 g/mol. The molecule has 260 valence electrons. The summed E-state index contributed by atoms with van der Waals surface area (Å²) in [6, 6.07) is 10.5. The average Bonchev–Trinajstić information content (AvgIpc) is 3.37. The van der Waals surface area contributed by atoms with Gasteiger partial charge in [0, 0.05) is 29.9 Å². The number of hydrogen-bond acceptors (Lipinski definition) is 7. The van der Waals surface area contributed by atoms with Crippen molar-refractivity contribution in [3.63, 3.8) is 0 Å². The third-order valence-corrected chi connectivity index (χ3v) is 7.36. The summed E-state index contributed by atoms with van der Waals surface area (Å²) < 4.78 is 8.58. The smallest absolute Gasteiger partial charge is 0.414 e. The lowest BCUT2D eigenvalue weighted by Crippen LogP contribution is -2.28. The third kappa shape index (κ3) is 14.7. The predicted octanol–water partition coefficient (Wildman–Crippen LogP) is 6.80. The molecule has 0 saturated carbocycles. The molecule has 47 heavy (non-hydrogen) atoms. The maximum atomic E-state index is 13.6. The molecule has 0 amide bonds. The molecule has 0 bridgehead atoms. The normalized spacial score (nSPS) is 10.7. The Morgan fingerprint density at radius 2 is 1.40 bits per heavy atom. The van der Waals surface area contributed by atoms with Crippen molar-refractivity contribution in [3.8, 4) is 5.75 Å². The molecule has 0 unspecified atom stereocenters. The van der Waals surface area contributed by atoms with E-state index < -0.39 is 17.9 Å². The molecule has 0 radical (unpaired) electrons. The zero-order chi connectivity index (χ0) is 35.5. The number of aliphatic hydroxyl groups excluding tert-OH is 1. The standard InChI is InChI=1S/C30H39BrN2O4.C3H8O.C2H2O4/c1-4-7-14-32(15-8-5-2)16-9-18-37-27-12-11-23(21-26(27)31)29(34)28-22(10-6-3)19-25-20-24(30(35)36)13-17-33(25)28;1-3(2)4;3-1(4)2(5)6/h11-13,17,19-21H,4-10,14-16,18H2,1-3H3,(H,35,36);3-4H,1-2H3;(H,3,4)(H,5,6). The van der Waals surface area contributed by atoms with Crippen molar-refractivity contribution in [2.75, 3.05) is 26.2 Å². The number of halogens is 1. The fourth-order valence-electron chi connectivity index (χ4n) is 4.55. The van der Waals surface area contributed by atoms with Crippen LogP contribution in [-0.2, 0) is 16.0 Å². The highest BCUT2D eigenvalue weighted by atomic mass is 79.9. The number of pyridine rings is 1. The van der Waals surface area contributed by atoms with Crippen molar-refractivity contribution in [2.24, 2.45) is 0 Å². The molecule has 2 heterocycles. The van der Waals surface area contributed by atoms with Crippen LogP contribution in [0.25, 0.3) is 5.52 Å². The largest absolute Gasteiger partial charge is 0.492 e. The van der Waals surface area contributed by atoms with Crippen molar-refractivity contribution >= 4 is 45.1 Å². The molecule has 1 aromatic carbocycles. The van der Waals surface area contributed by atoms with Crippen LogP contribution in [0.5, 0.6) is 5.75 Å². The van der Waals surface area contributed by atoms with E-state index in [-0.39, 0.29) is 17.5 Å². The van der Waals surface area contributed by atoms with Crippen LogP contribution < -0.4 is 4.74 Å². The Morgan fingerprint density at radius 1 is 0.830 bits per heavy atom. The minimum atomic E-state index is -1.82. The van der Waals surface area contributed by atoms with E-state index in [1.54, 1.807) is 36.6 Å². The molecule has 11 nitrogen and oxygen atoms in total. The first-order valence-corrected chi connectivity index (χ1v) is 16.8. The number of benzene rings is 1. The molecular formula is C35H49BrN2O9. The summed E-state index contributed by atoms with van der Waals surface area (Å²) in [5.74, 6) is -4.00. The summed E-state index contributed by atoms with van der Waals surface area (Å²) in [6.45, 7) is 13.9. The Kier molecular flexibility index (Phi) is 19.3. The van der Waals surface area contributed by atoms with Crippen LogP contribution in [0.4, 0.5) is 0 Å². The lowest BCUT2D eigenvalue weighted by Gasteiger charge is -2.22. The highest BCUT2D eigenvalue weighted by molar-refractivity contribution is 9.10. The highest BCUT2D eigenvalue weighted by Crippen LogP contribution is 2.29. The molecule has 3 rings (SSSR count). The van der Waals surface area contributed by atoms with E-state index in [2.05, 4.69) is 41.6 Å². The van der Waals surface area contributed by atoms with Gasteiger partial charge in [0.15, 0.2) is 0 Å². The van der Waals surface area contributed by atoms with Gasteiger partial charge in [0.1, 0.15) is 5.75 Å². The second-order valence-electron chi connectivity index (χ2n) is 11.2. The van der Waals surface area contributed by atoms with Crippen LogP contribution in [0.15, 0.2) is 47.1 Å². The Bertz CT molecular complexity index is 1430. The number of ether oxygens (including phenoxy) is 1. The van der Waals surface area contributed by atoms with Gasteiger partial charge < -0.3 is 34.5 Å². The van der Waals surface area contributed by atoms with Gasteiger partial charge in [0.2, 0.25) is 5.78 Å². The number of aromatic carboxylic acids is 1. The number of carbonyl (C=O) groups excluding carboxylic acids is 1. The minimum absolute atomic E-state index is 0.0961. The van der Waals surface area contributed by atoms with Gasteiger partial charge >= 0.3 is 17.9 Å². The molecule has 0 aliphatic heterocycles. The molecule has 0 spiro atoms. The Morgan fingerprint density at radius 3 is 1.89 bits per heavy atom. The number of aryl methyl sites for hydroxylation is 1. The lowest BCUT2D eigenvalue weighted by atomic mass is 10.0. The number of aliphatic carboxylic acids is 2. The van der Waals surface area contributed by atoms with Crippen LogP contribution >= 0.6 is 15.9 Å². The van der Waals surface area contributed by atoms with E-state index in [4.69, 9.17) is 29.6 Å². The second kappa shape index (κ2) is 21.9. The second-order valence-corrected chi connectivity index (χ2v) is 12.1. The zero-order valence-corrected chi connectivity index (χ0v) is 29.6. The van der Waals surface area contributed by atoms with Gasteiger partial charge in [-0.05, 0) is 111 Å². The van der Waals surface area contributed by atoms with Crippen LogP contribution in [0.1, 0.15) is 105 Å². The van der Waals surface area contributed by atoms with Crippen molar-refractivity contribution < 1.29 is 44.3 Å². The number of ketones is 1. The zero-order valence-electron chi connectivity index (χ0n) is 28.0. The first-order valence-electron chi connectivity index (χ1n) is 16.0. The predicted molar refractivity (Wildman–Crippen MR) is 185 cm³/mol. The molecule has 12 heteroatoms. The van der Waals surface area contributed by atoms with Crippen molar-refractivity contribution in [1.82, 2.24) is 9.30 Å². The summed E-state index contributed by atoms with van der Waals surface area (Å²) >= 11 is 3.59. The maximum absolute atomic E-state index is 13.6. The van der Waals surface area contributed by atoms with Gasteiger partial charge in [-0.15, -0.1) is 0 Å². The summed E-state index contributed by atoms with van der Waals surface area (Å²) in [5.41, 5.74) is 2.97. The van der Waals surface area contributed by atoms with Gasteiger partial charge in [-0.1, -0.05) is 40.0 Å². The Hall–Kier alpha value is -3.74. The van der Waals surface area contributed by atoms with E-state index in [9.17, 15) is 14.7 Å². The fourth-order valence-corrected chi connectivity index (χ4v) is 5.04. The summed E-state index contributed by atoms with van der Waals surface area (Å²) in [5, 5.41) is 32.2. The van der Waals surface area contributed by atoms with Crippen LogP contribution in [-0.4, -0.2) is 85.8 Å². The van der Waals surface area contributed by atoms with E-state index in [0.29, 0.717) is 23.4 Å². The number of nitrogens with zero attached hydrogens (tertiary/aromatic N) is 2.